The molecule has 1 heterocycles. The van der Waals surface area contributed by atoms with Gasteiger partial charge < -0.3 is 5.32 Å². The highest BCUT2D eigenvalue weighted by atomic mass is 19.4. The van der Waals surface area contributed by atoms with Gasteiger partial charge in [-0.05, 0) is 71.8 Å². The zero-order chi connectivity index (χ0) is 24.0. The fourth-order valence-corrected chi connectivity index (χ4v) is 3.88. The summed E-state index contributed by atoms with van der Waals surface area (Å²) in [4.78, 5) is 17.1. The number of alkyl halides is 3. The third-order valence-corrected chi connectivity index (χ3v) is 5.56. The summed E-state index contributed by atoms with van der Waals surface area (Å²) in [7, 11) is 0. The molecule has 1 aromatic heterocycles. The van der Waals surface area contributed by atoms with Gasteiger partial charge in [-0.1, -0.05) is 54.6 Å². The summed E-state index contributed by atoms with van der Waals surface area (Å²) in [5, 5.41) is 2.81. The van der Waals surface area contributed by atoms with Crippen LogP contribution in [0.4, 0.5) is 18.9 Å². The molecule has 4 aromatic rings. The van der Waals surface area contributed by atoms with Gasteiger partial charge in [-0.3, -0.25) is 9.78 Å². The van der Waals surface area contributed by atoms with E-state index in [-0.39, 0.29) is 16.7 Å². The number of nitrogens with zero attached hydrogens (tertiary/aromatic N) is 1. The molecule has 0 fully saturated rings. The lowest BCUT2D eigenvalue weighted by atomic mass is 9.94. The number of aromatic nitrogens is 1. The number of carbonyl (C=O) groups excluding carboxylic acids is 1. The molecule has 0 saturated heterocycles. The summed E-state index contributed by atoms with van der Waals surface area (Å²) >= 11 is 0. The minimum Gasteiger partial charge on any atom is -0.322 e. The third kappa shape index (κ3) is 5.70. The Labute approximate surface area is 196 Å². The highest BCUT2D eigenvalue weighted by Crippen LogP contribution is 2.38. The third-order valence-electron chi connectivity index (χ3n) is 5.56. The van der Waals surface area contributed by atoms with Gasteiger partial charge in [-0.2, -0.15) is 13.2 Å². The number of hydrogen-bond donors (Lipinski definition) is 1. The molecule has 34 heavy (non-hydrogen) atoms. The van der Waals surface area contributed by atoms with Gasteiger partial charge in [-0.25, -0.2) is 0 Å². The number of rotatable bonds is 7. The van der Waals surface area contributed by atoms with Gasteiger partial charge in [0.1, 0.15) is 0 Å². The number of anilines is 1. The minimum absolute atomic E-state index is 0.0234. The Morgan fingerprint density at radius 3 is 2.15 bits per heavy atom. The average molecular weight is 460 g/mol. The number of benzene rings is 3. The van der Waals surface area contributed by atoms with E-state index in [2.05, 4.69) is 16.4 Å². The summed E-state index contributed by atoms with van der Waals surface area (Å²) < 4.78 is 40.6. The van der Waals surface area contributed by atoms with Crippen molar-refractivity contribution in [2.45, 2.75) is 25.4 Å². The van der Waals surface area contributed by atoms with Crippen molar-refractivity contribution in [3.63, 3.8) is 0 Å². The van der Waals surface area contributed by atoms with Crippen LogP contribution in [-0.2, 0) is 19.0 Å². The van der Waals surface area contributed by atoms with E-state index < -0.39 is 17.6 Å². The Morgan fingerprint density at radius 2 is 1.44 bits per heavy atom. The first-order valence-electron chi connectivity index (χ1n) is 11.0. The maximum absolute atomic E-state index is 13.5. The fraction of sp³-hybridized carbons (Fsp3) is 0.143. The largest absolute Gasteiger partial charge is 0.417 e. The van der Waals surface area contributed by atoms with E-state index in [1.807, 2.05) is 36.5 Å². The van der Waals surface area contributed by atoms with E-state index in [1.54, 1.807) is 18.3 Å². The number of halogens is 3. The molecule has 172 valence electrons. The number of hydrogen-bond acceptors (Lipinski definition) is 2. The molecule has 0 unspecified atom stereocenters. The highest BCUT2D eigenvalue weighted by molar-refractivity contribution is 6.08. The Bertz CT molecular complexity index is 1250. The molecule has 0 atom stereocenters. The van der Waals surface area contributed by atoms with Crippen molar-refractivity contribution in [3.05, 3.63) is 120 Å². The smallest absolute Gasteiger partial charge is 0.322 e. The average Bonchev–Trinajstić information content (AvgIpc) is 2.85. The van der Waals surface area contributed by atoms with E-state index in [4.69, 9.17) is 0 Å². The lowest BCUT2D eigenvalue weighted by Gasteiger charge is -2.16. The van der Waals surface area contributed by atoms with Gasteiger partial charge in [0.2, 0.25) is 0 Å². The van der Waals surface area contributed by atoms with Crippen LogP contribution in [0, 0.1) is 0 Å². The van der Waals surface area contributed by atoms with Crippen molar-refractivity contribution < 1.29 is 18.0 Å². The van der Waals surface area contributed by atoms with Crippen LogP contribution >= 0.6 is 0 Å². The first kappa shape index (κ1) is 23.2. The van der Waals surface area contributed by atoms with Crippen LogP contribution in [0.3, 0.4) is 0 Å². The maximum atomic E-state index is 13.5. The molecule has 4 rings (SSSR count). The minimum atomic E-state index is -4.52. The summed E-state index contributed by atoms with van der Waals surface area (Å²) in [5.74, 6) is -0.461. The maximum Gasteiger partial charge on any atom is 0.417 e. The Hall–Kier alpha value is -3.93. The number of aryl methyl sites for hydroxylation is 2. The van der Waals surface area contributed by atoms with Gasteiger partial charge in [0.15, 0.2) is 0 Å². The van der Waals surface area contributed by atoms with E-state index in [0.717, 1.165) is 30.9 Å². The second kappa shape index (κ2) is 10.3. The molecule has 0 aliphatic rings. The zero-order valence-corrected chi connectivity index (χ0v) is 18.3. The first-order chi connectivity index (χ1) is 16.4. The second-order valence-electron chi connectivity index (χ2n) is 7.95. The van der Waals surface area contributed by atoms with Crippen molar-refractivity contribution in [2.24, 2.45) is 0 Å². The first-order valence-corrected chi connectivity index (χ1v) is 11.0. The van der Waals surface area contributed by atoms with Crippen LogP contribution in [0.15, 0.2) is 97.3 Å². The number of carbonyl (C=O) groups is 1. The van der Waals surface area contributed by atoms with Gasteiger partial charge in [0, 0.05) is 23.6 Å². The highest BCUT2D eigenvalue weighted by Gasteiger charge is 2.34. The lowest BCUT2D eigenvalue weighted by molar-refractivity contribution is -0.137. The van der Waals surface area contributed by atoms with Crippen molar-refractivity contribution in [3.8, 4) is 11.1 Å². The monoisotopic (exact) mass is 460 g/mol. The molecule has 0 bridgehead atoms. The molecule has 0 aliphatic heterocycles. The summed E-state index contributed by atoms with van der Waals surface area (Å²) in [6.45, 7) is 0. The van der Waals surface area contributed by atoms with E-state index in [9.17, 15) is 18.0 Å². The van der Waals surface area contributed by atoms with Crippen molar-refractivity contribution in [2.75, 3.05) is 5.32 Å². The SMILES string of the molecule is O=C(Nc1ccc(CCCc2cccnc2)cc1)c1ccccc1-c1ccccc1C(F)(F)F. The molecule has 3 aromatic carbocycles. The van der Waals surface area contributed by atoms with Gasteiger partial charge in [-0.15, -0.1) is 0 Å². The summed E-state index contributed by atoms with van der Waals surface area (Å²) in [6.07, 6.45) is 1.90. The zero-order valence-electron chi connectivity index (χ0n) is 18.3. The summed E-state index contributed by atoms with van der Waals surface area (Å²) in [6, 6.07) is 23.1. The van der Waals surface area contributed by atoms with E-state index >= 15 is 0 Å². The second-order valence-corrected chi connectivity index (χ2v) is 7.95. The number of amides is 1. The molecule has 0 spiro atoms. The van der Waals surface area contributed by atoms with Crippen molar-refractivity contribution in [1.29, 1.82) is 0 Å². The van der Waals surface area contributed by atoms with E-state index in [1.165, 1.54) is 35.9 Å². The van der Waals surface area contributed by atoms with Crippen LogP contribution < -0.4 is 5.32 Å². The predicted octanol–water partition coefficient (Wildman–Crippen LogP) is 7.20. The topological polar surface area (TPSA) is 42.0 Å². The van der Waals surface area contributed by atoms with Gasteiger partial charge in [0.25, 0.3) is 5.91 Å². The molecule has 6 heteroatoms. The Morgan fingerprint density at radius 1 is 0.765 bits per heavy atom. The molecule has 3 nitrogen and oxygen atoms in total. The lowest BCUT2D eigenvalue weighted by Crippen LogP contribution is -2.14. The Kier molecular flexibility index (Phi) is 7.07. The fourth-order valence-electron chi connectivity index (χ4n) is 3.88. The van der Waals surface area contributed by atoms with Crippen LogP contribution in [0.1, 0.15) is 33.5 Å². The van der Waals surface area contributed by atoms with Gasteiger partial charge >= 0.3 is 6.18 Å². The molecule has 0 aliphatic carbocycles. The normalized spacial score (nSPS) is 11.3. The molecular formula is C28H23F3N2O. The predicted molar refractivity (Wildman–Crippen MR) is 128 cm³/mol. The van der Waals surface area contributed by atoms with Crippen molar-refractivity contribution in [1.82, 2.24) is 4.98 Å². The standard InChI is InChI=1S/C28H23F3N2O/c29-28(30,31)26-13-4-3-11-24(26)23-10-1-2-12-25(23)27(34)33-22-16-14-20(15-17-22)7-5-8-21-9-6-18-32-19-21/h1-4,6,9-19H,5,7-8H2,(H,33,34). The van der Waals surface area contributed by atoms with Crippen LogP contribution in [-0.4, -0.2) is 10.9 Å². The summed E-state index contributed by atoms with van der Waals surface area (Å²) in [5.41, 5.74) is 2.54. The molecule has 0 saturated carbocycles. The quantitative estimate of drug-likeness (QED) is 0.317. The van der Waals surface area contributed by atoms with Crippen LogP contribution in [0.25, 0.3) is 11.1 Å². The Balaban J connectivity index is 1.46. The van der Waals surface area contributed by atoms with Gasteiger partial charge in [0.05, 0.1) is 5.56 Å². The van der Waals surface area contributed by atoms with Crippen molar-refractivity contribution >= 4 is 11.6 Å². The molecule has 1 N–H and O–H groups in total. The molecule has 0 radical (unpaired) electrons. The van der Waals surface area contributed by atoms with E-state index in [0.29, 0.717) is 5.69 Å². The molecule has 1 amide bonds. The number of pyridine rings is 1. The molecular weight excluding hydrogens is 437 g/mol. The number of nitrogens with one attached hydrogen (secondary N) is 1. The van der Waals surface area contributed by atoms with Crippen LogP contribution in [0.5, 0.6) is 0 Å². The van der Waals surface area contributed by atoms with Crippen LogP contribution in [0.2, 0.25) is 0 Å².